The van der Waals surface area contributed by atoms with Crippen molar-refractivity contribution in [2.45, 2.75) is 19.5 Å². The Hall–Kier alpha value is -2.20. The minimum atomic E-state index is -0.0221. The number of hydrogen-bond acceptors (Lipinski definition) is 2. The van der Waals surface area contributed by atoms with E-state index in [1.165, 1.54) is 5.56 Å². The molecule has 5 rings (SSSR count). The molecule has 0 bridgehead atoms. The van der Waals surface area contributed by atoms with E-state index in [1.807, 2.05) is 12.1 Å². The van der Waals surface area contributed by atoms with E-state index < -0.39 is 0 Å². The number of halogens is 2. The first-order valence-corrected chi connectivity index (χ1v) is 8.77. The number of hydrogen-bond donors (Lipinski definition) is 1. The van der Waals surface area contributed by atoms with Gasteiger partial charge in [-0.1, -0.05) is 29.8 Å². The molecule has 3 heterocycles. The van der Waals surface area contributed by atoms with Crippen LogP contribution in [0.15, 0.2) is 65.2 Å². The lowest BCUT2D eigenvalue weighted by Gasteiger charge is -2.14. The Kier molecular flexibility index (Phi) is 4.31. The second-order valence-corrected chi connectivity index (χ2v) is 6.95. The predicted molar refractivity (Wildman–Crippen MR) is 108 cm³/mol. The van der Waals surface area contributed by atoms with Crippen LogP contribution in [0, 0.1) is 6.92 Å². The number of benzene rings is 2. The summed E-state index contributed by atoms with van der Waals surface area (Å²) in [5.74, 6) is 0.921. The fourth-order valence-corrected chi connectivity index (χ4v) is 3.89. The zero-order chi connectivity index (χ0) is 17.0. The molecule has 3 nitrogen and oxygen atoms in total. The van der Waals surface area contributed by atoms with E-state index in [-0.39, 0.29) is 18.4 Å². The van der Waals surface area contributed by atoms with Gasteiger partial charge in [0, 0.05) is 34.4 Å². The fourth-order valence-electron chi connectivity index (χ4n) is 3.65. The van der Waals surface area contributed by atoms with E-state index in [4.69, 9.17) is 16.0 Å². The molecule has 0 saturated carbocycles. The molecule has 5 heteroatoms. The topological polar surface area (TPSA) is 30.1 Å². The van der Waals surface area contributed by atoms with E-state index in [0.29, 0.717) is 6.54 Å². The van der Waals surface area contributed by atoms with Crippen molar-refractivity contribution in [3.05, 3.63) is 88.4 Å². The van der Waals surface area contributed by atoms with Gasteiger partial charge in [0.2, 0.25) is 0 Å². The molecule has 1 unspecified atom stereocenters. The predicted octanol–water partition coefficient (Wildman–Crippen LogP) is 5.80. The SMILES string of the molecule is Cc1ccc2cc(C3NCc4c(Cl)cccc4-n4cccc43)oc2c1.Cl. The van der Waals surface area contributed by atoms with Gasteiger partial charge in [0.05, 0.1) is 5.69 Å². The van der Waals surface area contributed by atoms with E-state index in [1.54, 1.807) is 0 Å². The summed E-state index contributed by atoms with van der Waals surface area (Å²) in [5, 5.41) is 5.52. The van der Waals surface area contributed by atoms with Crippen LogP contribution < -0.4 is 5.32 Å². The number of rotatable bonds is 1. The smallest absolute Gasteiger partial charge is 0.134 e. The average molecular weight is 385 g/mol. The van der Waals surface area contributed by atoms with E-state index in [2.05, 4.69) is 65.5 Å². The van der Waals surface area contributed by atoms with Crippen molar-refractivity contribution in [2.75, 3.05) is 0 Å². The first kappa shape index (κ1) is 17.2. The summed E-state index contributed by atoms with van der Waals surface area (Å²) in [4.78, 5) is 0. The molecule has 1 atom stereocenters. The third-order valence-electron chi connectivity index (χ3n) is 4.89. The molecule has 132 valence electrons. The Labute approximate surface area is 163 Å². The summed E-state index contributed by atoms with van der Waals surface area (Å²) in [6.07, 6.45) is 2.08. The Morgan fingerprint density at radius 2 is 2.00 bits per heavy atom. The minimum absolute atomic E-state index is 0. The van der Waals surface area contributed by atoms with Gasteiger partial charge in [0.15, 0.2) is 0 Å². The largest absolute Gasteiger partial charge is 0.459 e. The molecule has 0 saturated heterocycles. The van der Waals surface area contributed by atoms with Crippen molar-refractivity contribution in [1.29, 1.82) is 0 Å². The molecule has 0 spiro atoms. The lowest BCUT2D eigenvalue weighted by Crippen LogP contribution is -2.20. The van der Waals surface area contributed by atoms with Crippen molar-refractivity contribution < 1.29 is 4.42 Å². The number of nitrogens with zero attached hydrogens (tertiary/aromatic N) is 1. The molecular weight excluding hydrogens is 367 g/mol. The van der Waals surface area contributed by atoms with Crippen molar-refractivity contribution in [1.82, 2.24) is 9.88 Å². The zero-order valence-electron chi connectivity index (χ0n) is 14.2. The van der Waals surface area contributed by atoms with Crippen molar-refractivity contribution >= 4 is 35.0 Å². The maximum absolute atomic E-state index is 6.45. The summed E-state index contributed by atoms with van der Waals surface area (Å²) < 4.78 is 8.39. The Morgan fingerprint density at radius 3 is 2.88 bits per heavy atom. The summed E-state index contributed by atoms with van der Waals surface area (Å²) >= 11 is 6.45. The number of nitrogens with one attached hydrogen (secondary N) is 1. The number of aromatic nitrogens is 1. The van der Waals surface area contributed by atoms with Crippen LogP contribution in [-0.2, 0) is 6.54 Å². The van der Waals surface area contributed by atoms with Gasteiger partial charge in [-0.2, -0.15) is 0 Å². The van der Waals surface area contributed by atoms with Crippen LogP contribution in [0.5, 0.6) is 0 Å². The highest BCUT2D eigenvalue weighted by atomic mass is 35.5. The highest BCUT2D eigenvalue weighted by Gasteiger charge is 2.26. The highest BCUT2D eigenvalue weighted by Crippen LogP contribution is 2.35. The van der Waals surface area contributed by atoms with Crippen LogP contribution in [0.4, 0.5) is 0 Å². The van der Waals surface area contributed by atoms with Crippen molar-refractivity contribution in [2.24, 2.45) is 0 Å². The number of fused-ring (bicyclic) bond motifs is 4. The maximum atomic E-state index is 6.45. The molecular formula is C21H18Cl2N2O. The van der Waals surface area contributed by atoms with Crippen LogP contribution in [-0.4, -0.2) is 4.57 Å². The van der Waals surface area contributed by atoms with E-state index in [9.17, 15) is 0 Å². The molecule has 0 aliphatic carbocycles. The van der Waals surface area contributed by atoms with Gasteiger partial charge in [-0.25, -0.2) is 0 Å². The Bertz CT molecular complexity index is 1100. The molecule has 1 aliphatic heterocycles. The quantitative estimate of drug-likeness (QED) is 0.449. The van der Waals surface area contributed by atoms with Gasteiger partial charge in [-0.3, -0.25) is 5.32 Å². The first-order valence-electron chi connectivity index (χ1n) is 8.39. The summed E-state index contributed by atoms with van der Waals surface area (Å²) in [6.45, 7) is 2.77. The summed E-state index contributed by atoms with van der Waals surface area (Å²) in [5.41, 5.74) is 5.50. The van der Waals surface area contributed by atoms with Crippen LogP contribution >= 0.6 is 24.0 Å². The van der Waals surface area contributed by atoms with Gasteiger partial charge in [0.25, 0.3) is 0 Å². The second kappa shape index (κ2) is 6.51. The molecule has 1 N–H and O–H groups in total. The molecule has 2 aromatic heterocycles. The average Bonchev–Trinajstić information content (AvgIpc) is 3.20. The third kappa shape index (κ3) is 2.64. The highest BCUT2D eigenvalue weighted by molar-refractivity contribution is 6.31. The van der Waals surface area contributed by atoms with Crippen LogP contribution in [0.1, 0.15) is 28.6 Å². The van der Waals surface area contributed by atoms with E-state index >= 15 is 0 Å². The van der Waals surface area contributed by atoms with Gasteiger partial charge >= 0.3 is 0 Å². The van der Waals surface area contributed by atoms with Crippen LogP contribution in [0.3, 0.4) is 0 Å². The van der Waals surface area contributed by atoms with Gasteiger partial charge < -0.3 is 8.98 Å². The van der Waals surface area contributed by atoms with Gasteiger partial charge in [-0.05, 0) is 48.9 Å². The lowest BCUT2D eigenvalue weighted by atomic mass is 10.1. The molecule has 0 fully saturated rings. The van der Waals surface area contributed by atoms with Crippen LogP contribution in [0.25, 0.3) is 16.7 Å². The Balaban J connectivity index is 0.00000168. The Morgan fingerprint density at radius 1 is 1.12 bits per heavy atom. The van der Waals surface area contributed by atoms with Gasteiger partial charge in [-0.15, -0.1) is 12.4 Å². The molecule has 2 aromatic carbocycles. The zero-order valence-corrected chi connectivity index (χ0v) is 15.8. The first-order chi connectivity index (χ1) is 12.2. The summed E-state index contributed by atoms with van der Waals surface area (Å²) in [6, 6.07) is 18.6. The molecule has 0 radical (unpaired) electrons. The second-order valence-electron chi connectivity index (χ2n) is 6.54. The minimum Gasteiger partial charge on any atom is -0.459 e. The van der Waals surface area contributed by atoms with Gasteiger partial charge in [0.1, 0.15) is 17.4 Å². The monoisotopic (exact) mass is 384 g/mol. The number of aryl methyl sites for hydroxylation is 1. The van der Waals surface area contributed by atoms with Crippen LogP contribution in [0.2, 0.25) is 5.02 Å². The normalized spacial score (nSPS) is 15.8. The molecule has 0 amide bonds. The summed E-state index contributed by atoms with van der Waals surface area (Å²) in [7, 11) is 0. The standard InChI is InChI=1S/C21H17ClN2O.ClH/c1-13-7-8-14-11-20(25-19(14)10-13)21-18-6-3-9-24(18)17-5-2-4-16(22)15(17)12-23-21;/h2-11,21,23H,12H2,1H3;1H. The molecule has 1 aliphatic rings. The lowest BCUT2D eigenvalue weighted by molar-refractivity contribution is 0.465. The van der Waals surface area contributed by atoms with Crippen molar-refractivity contribution in [3.63, 3.8) is 0 Å². The van der Waals surface area contributed by atoms with Crippen molar-refractivity contribution in [3.8, 4) is 5.69 Å². The third-order valence-corrected chi connectivity index (χ3v) is 5.25. The maximum Gasteiger partial charge on any atom is 0.134 e. The fraction of sp³-hybridized carbons (Fsp3) is 0.143. The van der Waals surface area contributed by atoms with E-state index in [0.717, 1.165) is 38.7 Å². The number of furan rings is 1. The molecule has 26 heavy (non-hydrogen) atoms. The molecule has 4 aromatic rings.